The summed E-state index contributed by atoms with van der Waals surface area (Å²) in [7, 11) is 0. The molecule has 2 aromatic heterocycles. The number of benzene rings is 3. The van der Waals surface area contributed by atoms with E-state index in [9.17, 15) is 9.59 Å². The normalized spacial score (nSPS) is 17.6. The zero-order valence-electron chi connectivity index (χ0n) is 24.0. The van der Waals surface area contributed by atoms with E-state index in [0.717, 1.165) is 46.0 Å². The molecule has 43 heavy (non-hydrogen) atoms. The molecule has 0 saturated heterocycles. The van der Waals surface area contributed by atoms with Gasteiger partial charge < -0.3 is 11.5 Å². The number of aryl methyl sites for hydroxylation is 1. The molecule has 3 aromatic carbocycles. The summed E-state index contributed by atoms with van der Waals surface area (Å²) < 4.78 is 0. The Kier molecular flexibility index (Phi) is 8.08. The van der Waals surface area contributed by atoms with E-state index in [1.54, 1.807) is 24.3 Å². The van der Waals surface area contributed by atoms with Crippen LogP contribution in [-0.2, 0) is 16.0 Å². The van der Waals surface area contributed by atoms with E-state index in [1.165, 1.54) is 4.90 Å². The Bertz CT molecular complexity index is 1720. The Hall–Kier alpha value is -4.74. The van der Waals surface area contributed by atoms with Crippen molar-refractivity contribution in [3.63, 3.8) is 0 Å². The first-order valence-electron chi connectivity index (χ1n) is 14.6. The number of hydrogen-bond donors (Lipinski definition) is 4. The van der Waals surface area contributed by atoms with Crippen molar-refractivity contribution in [2.24, 2.45) is 23.3 Å². The van der Waals surface area contributed by atoms with Crippen LogP contribution in [0.3, 0.4) is 0 Å². The third-order valence-electron chi connectivity index (χ3n) is 8.52. The Morgan fingerprint density at radius 1 is 1.02 bits per heavy atom. The third-order valence-corrected chi connectivity index (χ3v) is 8.52. The summed E-state index contributed by atoms with van der Waals surface area (Å²) in [5.41, 5.74) is 18.7. The molecule has 1 aliphatic rings. The average molecular weight is 578 g/mol. The third kappa shape index (κ3) is 5.81. The molecule has 1 fully saturated rings. The van der Waals surface area contributed by atoms with E-state index < -0.39 is 11.9 Å². The Balaban J connectivity index is 1.27. The second-order valence-corrected chi connectivity index (χ2v) is 11.3. The Morgan fingerprint density at radius 3 is 2.53 bits per heavy atom. The lowest BCUT2D eigenvalue weighted by Gasteiger charge is -2.32. The van der Waals surface area contributed by atoms with Crippen molar-refractivity contribution < 1.29 is 9.59 Å². The smallest absolute Gasteiger partial charge is 0.251 e. The predicted octanol–water partition coefficient (Wildman–Crippen LogP) is 3.91. The molecule has 0 unspecified atom stereocenters. The molecule has 5 aromatic rings. The Labute approximate surface area is 249 Å². The number of hydrogen-bond acceptors (Lipinski definition) is 8. The standard InChI is InChI=1S/C32H35N9O2/c1-19-5-14-28-26(18-35-36-28)29(19)24-4-2-3-21(15-24)16-27(34)32(43)41(31(42)23-8-6-20(17-33)7-9-23)25-12-10-22(11-13-25)30-37-39-40-38-30/h2-5,10-15,18,20,23,27H,6-9,16-17,33-34H2,1H3,(H,35,36)(H,37,38,39,40)/t20?,23?,27-/m0/s1. The summed E-state index contributed by atoms with van der Waals surface area (Å²) in [6.45, 7) is 2.68. The van der Waals surface area contributed by atoms with E-state index in [4.69, 9.17) is 11.5 Å². The molecule has 6 N–H and O–H groups in total. The molecule has 0 aliphatic heterocycles. The molecule has 0 bridgehead atoms. The molecule has 6 rings (SSSR count). The van der Waals surface area contributed by atoms with Crippen molar-refractivity contribution in [2.75, 3.05) is 11.4 Å². The number of nitrogens with zero attached hydrogens (tertiary/aromatic N) is 5. The van der Waals surface area contributed by atoms with Gasteiger partial charge in [0.15, 0.2) is 0 Å². The quantitative estimate of drug-likeness (QED) is 0.215. The number of imide groups is 1. The number of aromatic nitrogens is 6. The summed E-state index contributed by atoms with van der Waals surface area (Å²) in [4.78, 5) is 29.3. The number of H-pyrrole nitrogens is 2. The van der Waals surface area contributed by atoms with Crippen molar-refractivity contribution >= 4 is 28.4 Å². The number of tetrazole rings is 1. The van der Waals surface area contributed by atoms with Gasteiger partial charge in [-0.3, -0.25) is 14.7 Å². The average Bonchev–Trinajstić information content (AvgIpc) is 3.75. The zero-order chi connectivity index (χ0) is 29.9. The molecular weight excluding hydrogens is 542 g/mol. The lowest BCUT2D eigenvalue weighted by molar-refractivity contribution is -0.130. The highest BCUT2D eigenvalue weighted by Gasteiger charge is 2.35. The number of anilines is 1. The van der Waals surface area contributed by atoms with Gasteiger partial charge in [-0.1, -0.05) is 30.3 Å². The molecule has 1 atom stereocenters. The minimum Gasteiger partial charge on any atom is -0.330 e. The van der Waals surface area contributed by atoms with Crippen LogP contribution < -0.4 is 16.4 Å². The largest absolute Gasteiger partial charge is 0.330 e. The summed E-state index contributed by atoms with van der Waals surface area (Å²) >= 11 is 0. The number of carbonyl (C=O) groups is 2. The molecule has 2 amide bonds. The molecule has 11 nitrogen and oxygen atoms in total. The van der Waals surface area contributed by atoms with Crippen LogP contribution in [0, 0.1) is 18.8 Å². The maximum atomic E-state index is 14.0. The number of aromatic amines is 2. The van der Waals surface area contributed by atoms with E-state index in [-0.39, 0.29) is 18.2 Å². The zero-order valence-corrected chi connectivity index (χ0v) is 24.0. The van der Waals surface area contributed by atoms with E-state index >= 15 is 0 Å². The molecule has 1 saturated carbocycles. The summed E-state index contributed by atoms with van der Waals surface area (Å²) in [6, 6.07) is 18.2. The van der Waals surface area contributed by atoms with Crippen LogP contribution in [0.2, 0.25) is 0 Å². The first kappa shape index (κ1) is 28.4. The van der Waals surface area contributed by atoms with E-state index in [1.807, 2.05) is 30.5 Å². The van der Waals surface area contributed by atoms with Crippen LogP contribution in [0.5, 0.6) is 0 Å². The topological polar surface area (TPSA) is 173 Å². The maximum absolute atomic E-state index is 14.0. The predicted molar refractivity (Wildman–Crippen MR) is 165 cm³/mol. The van der Waals surface area contributed by atoms with E-state index in [2.05, 4.69) is 49.9 Å². The van der Waals surface area contributed by atoms with Crippen molar-refractivity contribution in [3.05, 3.63) is 78.0 Å². The van der Waals surface area contributed by atoms with Gasteiger partial charge in [-0.2, -0.15) is 10.3 Å². The number of nitrogens with one attached hydrogen (secondary N) is 2. The highest BCUT2D eigenvalue weighted by molar-refractivity contribution is 6.17. The summed E-state index contributed by atoms with van der Waals surface area (Å²) in [5, 5.41) is 22.3. The molecule has 0 radical (unpaired) electrons. The van der Waals surface area contributed by atoms with Crippen LogP contribution in [0.25, 0.3) is 33.4 Å². The first-order valence-corrected chi connectivity index (χ1v) is 14.6. The first-order chi connectivity index (χ1) is 20.9. The Morgan fingerprint density at radius 2 is 1.81 bits per heavy atom. The number of fused-ring (bicyclic) bond motifs is 1. The summed E-state index contributed by atoms with van der Waals surface area (Å²) in [6.07, 6.45) is 5.23. The van der Waals surface area contributed by atoms with Gasteiger partial charge in [0.1, 0.15) is 0 Å². The second kappa shape index (κ2) is 12.2. The van der Waals surface area contributed by atoms with Gasteiger partial charge >= 0.3 is 0 Å². The molecule has 11 heteroatoms. The van der Waals surface area contributed by atoms with Gasteiger partial charge in [0.05, 0.1) is 23.4 Å². The van der Waals surface area contributed by atoms with Crippen LogP contribution >= 0.6 is 0 Å². The maximum Gasteiger partial charge on any atom is 0.251 e. The van der Waals surface area contributed by atoms with Gasteiger partial charge in [0, 0.05) is 16.9 Å². The minimum atomic E-state index is -0.928. The van der Waals surface area contributed by atoms with Gasteiger partial charge in [-0.25, -0.2) is 4.90 Å². The minimum absolute atomic E-state index is 0.223. The van der Waals surface area contributed by atoms with E-state index in [0.29, 0.717) is 42.4 Å². The fourth-order valence-corrected chi connectivity index (χ4v) is 6.10. The highest BCUT2D eigenvalue weighted by Crippen LogP contribution is 2.33. The van der Waals surface area contributed by atoms with Crippen LogP contribution in [-0.4, -0.2) is 55.2 Å². The molecule has 0 spiro atoms. The van der Waals surface area contributed by atoms with Gasteiger partial charge in [-0.05, 0) is 109 Å². The fourth-order valence-electron chi connectivity index (χ4n) is 6.10. The summed E-state index contributed by atoms with van der Waals surface area (Å²) in [5.74, 6) is -0.0871. The number of amides is 2. The second-order valence-electron chi connectivity index (χ2n) is 11.3. The number of rotatable bonds is 8. The molecular formula is C32H35N9O2. The number of nitrogens with two attached hydrogens (primary N) is 2. The molecule has 2 heterocycles. The van der Waals surface area contributed by atoms with Gasteiger partial charge in [-0.15, -0.1) is 10.2 Å². The number of carbonyl (C=O) groups excluding carboxylic acids is 2. The van der Waals surface area contributed by atoms with Crippen LogP contribution in [0.15, 0.2) is 66.9 Å². The van der Waals surface area contributed by atoms with Crippen molar-refractivity contribution in [3.8, 4) is 22.5 Å². The fraction of sp³-hybridized carbons (Fsp3) is 0.312. The van der Waals surface area contributed by atoms with Gasteiger partial charge in [0.25, 0.3) is 5.91 Å². The lowest BCUT2D eigenvalue weighted by atomic mass is 9.81. The molecule has 1 aliphatic carbocycles. The molecule has 220 valence electrons. The van der Waals surface area contributed by atoms with Crippen molar-refractivity contribution in [1.82, 2.24) is 30.8 Å². The lowest BCUT2D eigenvalue weighted by Crippen LogP contribution is -2.50. The van der Waals surface area contributed by atoms with Crippen LogP contribution in [0.1, 0.15) is 36.8 Å². The van der Waals surface area contributed by atoms with Crippen molar-refractivity contribution in [1.29, 1.82) is 0 Å². The monoisotopic (exact) mass is 577 g/mol. The van der Waals surface area contributed by atoms with Gasteiger partial charge in [0.2, 0.25) is 11.7 Å². The highest BCUT2D eigenvalue weighted by atomic mass is 16.2. The van der Waals surface area contributed by atoms with Crippen LogP contribution in [0.4, 0.5) is 5.69 Å². The van der Waals surface area contributed by atoms with Crippen molar-refractivity contribution in [2.45, 2.75) is 45.1 Å². The SMILES string of the molecule is Cc1ccc2[nH]ncc2c1-c1cccc(C[C@H](N)C(=O)N(C(=O)C2CCC(CN)CC2)c2ccc(-c3nn[nH]n3)cc2)c1.